The van der Waals surface area contributed by atoms with Gasteiger partial charge in [-0.25, -0.2) is 5.43 Å². The van der Waals surface area contributed by atoms with E-state index in [1.54, 1.807) is 12.1 Å². The van der Waals surface area contributed by atoms with E-state index in [-0.39, 0.29) is 11.5 Å². The maximum atomic E-state index is 6.33. The van der Waals surface area contributed by atoms with Crippen molar-refractivity contribution in [3.05, 3.63) is 69.2 Å². The molecule has 2 aromatic rings. The van der Waals surface area contributed by atoms with Gasteiger partial charge in [0.2, 0.25) is 0 Å². The number of hydrogen-bond donors (Lipinski definition) is 2. The Labute approximate surface area is 136 Å². The van der Waals surface area contributed by atoms with Crippen LogP contribution in [0.15, 0.2) is 42.5 Å². The van der Waals surface area contributed by atoms with Crippen LogP contribution in [0, 0.1) is 0 Å². The highest BCUT2D eigenvalue weighted by Crippen LogP contribution is 2.35. The van der Waals surface area contributed by atoms with Crippen LogP contribution in [0.5, 0.6) is 0 Å². The molecule has 0 aromatic heterocycles. The first-order chi connectivity index (χ1) is 9.84. The van der Waals surface area contributed by atoms with Crippen LogP contribution in [-0.4, -0.2) is 0 Å². The minimum Gasteiger partial charge on any atom is -0.271 e. The standard InChI is InChI=1S/C17H20Cl2N2/c1-17(2,3)14-7-5-4-6-12(14)16(21-20)13-10-11(18)8-9-15(13)19/h4-10,16,21H,20H2,1-3H3. The van der Waals surface area contributed by atoms with Gasteiger partial charge in [-0.3, -0.25) is 5.84 Å². The zero-order valence-corrected chi connectivity index (χ0v) is 14.0. The number of nitrogens with one attached hydrogen (secondary N) is 1. The van der Waals surface area contributed by atoms with Gasteiger partial charge in [0.1, 0.15) is 0 Å². The summed E-state index contributed by atoms with van der Waals surface area (Å²) in [5, 5.41) is 1.29. The quantitative estimate of drug-likeness (QED) is 0.626. The van der Waals surface area contributed by atoms with Crippen LogP contribution >= 0.6 is 23.2 Å². The summed E-state index contributed by atoms with van der Waals surface area (Å²) >= 11 is 12.4. The van der Waals surface area contributed by atoms with E-state index in [0.29, 0.717) is 10.0 Å². The molecule has 3 N–H and O–H groups in total. The topological polar surface area (TPSA) is 38.0 Å². The third-order valence-electron chi connectivity index (χ3n) is 3.52. The summed E-state index contributed by atoms with van der Waals surface area (Å²) in [6, 6.07) is 13.5. The molecule has 0 fully saturated rings. The molecule has 0 bridgehead atoms. The number of halogens is 2. The fourth-order valence-corrected chi connectivity index (χ4v) is 2.92. The van der Waals surface area contributed by atoms with Crippen LogP contribution in [0.2, 0.25) is 10.0 Å². The number of hydrogen-bond acceptors (Lipinski definition) is 2. The van der Waals surface area contributed by atoms with E-state index in [1.807, 2.05) is 18.2 Å². The van der Waals surface area contributed by atoms with Crippen molar-refractivity contribution in [3.63, 3.8) is 0 Å². The number of rotatable bonds is 3. The van der Waals surface area contributed by atoms with Crippen molar-refractivity contribution in [1.29, 1.82) is 0 Å². The minimum atomic E-state index is -0.202. The largest absolute Gasteiger partial charge is 0.271 e. The van der Waals surface area contributed by atoms with Crippen molar-refractivity contribution in [2.45, 2.75) is 32.2 Å². The second kappa shape index (κ2) is 6.37. The van der Waals surface area contributed by atoms with Gasteiger partial charge in [-0.1, -0.05) is 68.2 Å². The first-order valence-electron chi connectivity index (χ1n) is 6.85. The van der Waals surface area contributed by atoms with Crippen LogP contribution in [0.3, 0.4) is 0 Å². The maximum Gasteiger partial charge on any atom is 0.0727 e. The van der Waals surface area contributed by atoms with Crippen LogP contribution in [0.4, 0.5) is 0 Å². The minimum absolute atomic E-state index is 0.0107. The average molecular weight is 323 g/mol. The van der Waals surface area contributed by atoms with E-state index in [1.165, 1.54) is 5.56 Å². The van der Waals surface area contributed by atoms with E-state index < -0.39 is 0 Å². The van der Waals surface area contributed by atoms with Crippen molar-refractivity contribution in [3.8, 4) is 0 Å². The van der Waals surface area contributed by atoms with Gasteiger partial charge in [-0.05, 0) is 40.3 Å². The molecule has 0 aliphatic heterocycles. The molecule has 1 unspecified atom stereocenters. The molecule has 0 amide bonds. The molecule has 0 radical (unpaired) electrons. The van der Waals surface area contributed by atoms with Crippen molar-refractivity contribution in [2.24, 2.45) is 5.84 Å². The highest BCUT2D eigenvalue weighted by atomic mass is 35.5. The normalized spacial score (nSPS) is 13.2. The molecular weight excluding hydrogens is 303 g/mol. The van der Waals surface area contributed by atoms with Crippen molar-refractivity contribution in [2.75, 3.05) is 0 Å². The molecule has 0 aliphatic rings. The van der Waals surface area contributed by atoms with E-state index in [2.05, 4.69) is 38.3 Å². The second-order valence-electron chi connectivity index (χ2n) is 6.10. The predicted octanol–water partition coefficient (Wildman–Crippen LogP) is 4.84. The zero-order chi connectivity index (χ0) is 15.6. The van der Waals surface area contributed by atoms with Gasteiger partial charge in [0.05, 0.1) is 6.04 Å². The Balaban J connectivity index is 2.60. The van der Waals surface area contributed by atoms with Gasteiger partial charge in [0, 0.05) is 10.0 Å². The van der Waals surface area contributed by atoms with Gasteiger partial charge >= 0.3 is 0 Å². The Hall–Kier alpha value is -1.06. The molecule has 112 valence electrons. The van der Waals surface area contributed by atoms with Gasteiger partial charge in [0.25, 0.3) is 0 Å². The zero-order valence-electron chi connectivity index (χ0n) is 12.5. The van der Waals surface area contributed by atoms with E-state index >= 15 is 0 Å². The van der Waals surface area contributed by atoms with Crippen molar-refractivity contribution in [1.82, 2.24) is 5.43 Å². The van der Waals surface area contributed by atoms with E-state index in [4.69, 9.17) is 29.0 Å². The molecule has 2 nitrogen and oxygen atoms in total. The Morgan fingerprint density at radius 1 is 1.00 bits per heavy atom. The summed E-state index contributed by atoms with van der Waals surface area (Å²) in [5.41, 5.74) is 6.09. The molecule has 4 heteroatoms. The highest BCUT2D eigenvalue weighted by molar-refractivity contribution is 6.33. The Kier molecular flexibility index (Phi) is 4.95. The Bertz CT molecular complexity index is 633. The summed E-state index contributed by atoms with van der Waals surface area (Å²) in [6.07, 6.45) is 0. The third kappa shape index (κ3) is 3.58. The lowest BCUT2D eigenvalue weighted by molar-refractivity contribution is 0.558. The summed E-state index contributed by atoms with van der Waals surface area (Å²) in [6.45, 7) is 6.54. The van der Waals surface area contributed by atoms with Crippen LogP contribution in [0.25, 0.3) is 0 Å². The number of nitrogens with two attached hydrogens (primary N) is 1. The second-order valence-corrected chi connectivity index (χ2v) is 6.95. The predicted molar refractivity (Wildman–Crippen MR) is 90.8 cm³/mol. The fraction of sp³-hybridized carbons (Fsp3) is 0.294. The molecule has 1 atom stereocenters. The Morgan fingerprint density at radius 2 is 1.67 bits per heavy atom. The van der Waals surface area contributed by atoms with E-state index in [9.17, 15) is 0 Å². The van der Waals surface area contributed by atoms with Crippen molar-refractivity contribution >= 4 is 23.2 Å². The fourth-order valence-electron chi connectivity index (χ4n) is 2.51. The highest BCUT2D eigenvalue weighted by Gasteiger charge is 2.24. The maximum absolute atomic E-state index is 6.33. The summed E-state index contributed by atoms with van der Waals surface area (Å²) in [4.78, 5) is 0. The van der Waals surface area contributed by atoms with Gasteiger partial charge in [-0.15, -0.1) is 0 Å². The van der Waals surface area contributed by atoms with Crippen molar-refractivity contribution < 1.29 is 0 Å². The number of benzene rings is 2. The van der Waals surface area contributed by atoms with E-state index in [0.717, 1.165) is 11.1 Å². The molecule has 21 heavy (non-hydrogen) atoms. The number of hydrazine groups is 1. The SMILES string of the molecule is CC(C)(C)c1ccccc1C(NN)c1cc(Cl)ccc1Cl. The smallest absolute Gasteiger partial charge is 0.0727 e. The molecule has 2 rings (SSSR count). The van der Waals surface area contributed by atoms with Crippen LogP contribution < -0.4 is 11.3 Å². The lowest BCUT2D eigenvalue weighted by Crippen LogP contribution is -2.31. The van der Waals surface area contributed by atoms with Crippen LogP contribution in [0.1, 0.15) is 43.5 Å². The lowest BCUT2D eigenvalue weighted by Gasteiger charge is -2.28. The van der Waals surface area contributed by atoms with Gasteiger partial charge in [0.15, 0.2) is 0 Å². The summed E-state index contributed by atoms with van der Waals surface area (Å²) in [5.74, 6) is 5.82. The van der Waals surface area contributed by atoms with Gasteiger partial charge in [-0.2, -0.15) is 0 Å². The molecule has 0 saturated carbocycles. The monoisotopic (exact) mass is 322 g/mol. The summed E-state index contributed by atoms with van der Waals surface area (Å²) < 4.78 is 0. The molecular formula is C17H20Cl2N2. The van der Waals surface area contributed by atoms with Crippen LogP contribution in [-0.2, 0) is 5.41 Å². The molecule has 0 aliphatic carbocycles. The molecule has 2 aromatic carbocycles. The molecule has 0 saturated heterocycles. The lowest BCUT2D eigenvalue weighted by atomic mass is 9.80. The molecule has 0 spiro atoms. The summed E-state index contributed by atoms with van der Waals surface area (Å²) in [7, 11) is 0. The first kappa shape index (κ1) is 16.3. The molecule has 0 heterocycles. The third-order valence-corrected chi connectivity index (χ3v) is 4.09. The Morgan fingerprint density at radius 3 is 2.29 bits per heavy atom. The average Bonchev–Trinajstić information content (AvgIpc) is 2.43. The first-order valence-corrected chi connectivity index (χ1v) is 7.60. The van der Waals surface area contributed by atoms with Gasteiger partial charge < -0.3 is 0 Å².